The fourth-order valence-electron chi connectivity index (χ4n) is 4.92. The average Bonchev–Trinajstić information content (AvgIpc) is 3.32. The molecule has 1 aromatic carbocycles. The van der Waals surface area contributed by atoms with Gasteiger partial charge in [-0.15, -0.1) is 11.3 Å². The summed E-state index contributed by atoms with van der Waals surface area (Å²) in [6.07, 6.45) is 2.79. The Hall–Kier alpha value is -2.26. The molecule has 0 radical (unpaired) electrons. The van der Waals surface area contributed by atoms with Gasteiger partial charge in [0.15, 0.2) is 0 Å². The highest BCUT2D eigenvalue weighted by Crippen LogP contribution is 2.51. The Morgan fingerprint density at radius 1 is 1.25 bits per heavy atom. The van der Waals surface area contributed by atoms with Gasteiger partial charge in [-0.05, 0) is 37.7 Å². The van der Waals surface area contributed by atoms with E-state index >= 15 is 0 Å². The maximum absolute atomic E-state index is 12.3. The number of primary amides is 1. The zero-order valence-electron chi connectivity index (χ0n) is 17.4. The molecule has 2 aromatic heterocycles. The van der Waals surface area contributed by atoms with Crippen LogP contribution >= 0.6 is 34.5 Å². The molecule has 1 saturated heterocycles. The molecular weight excluding hydrogens is 467 g/mol. The summed E-state index contributed by atoms with van der Waals surface area (Å²) in [7, 11) is 0. The van der Waals surface area contributed by atoms with Gasteiger partial charge < -0.3 is 16.4 Å². The van der Waals surface area contributed by atoms with Crippen molar-refractivity contribution in [3.8, 4) is 11.1 Å². The maximum atomic E-state index is 12.3. The number of benzene rings is 1. The van der Waals surface area contributed by atoms with E-state index in [2.05, 4.69) is 14.9 Å². The number of rotatable bonds is 3. The topological polar surface area (TPSA) is 111 Å². The van der Waals surface area contributed by atoms with E-state index in [0.29, 0.717) is 32.8 Å². The second-order valence-electron chi connectivity index (χ2n) is 8.46. The molecule has 7 nitrogen and oxygen atoms in total. The molecule has 1 fully saturated rings. The molecule has 1 aliphatic carbocycles. The highest BCUT2D eigenvalue weighted by atomic mass is 35.5. The second-order valence-corrected chi connectivity index (χ2v) is 10.2. The van der Waals surface area contributed by atoms with E-state index in [1.54, 1.807) is 29.5 Å². The first-order valence-electron chi connectivity index (χ1n) is 10.4. The Morgan fingerprint density at radius 3 is 2.69 bits per heavy atom. The van der Waals surface area contributed by atoms with Crippen LogP contribution in [0.15, 0.2) is 23.7 Å². The summed E-state index contributed by atoms with van der Waals surface area (Å²) in [6, 6.07) is 5.20. The molecule has 0 bridgehead atoms. The van der Waals surface area contributed by atoms with Crippen molar-refractivity contribution in [2.75, 3.05) is 18.0 Å². The summed E-state index contributed by atoms with van der Waals surface area (Å²) in [5, 5.41) is 0.729. The lowest BCUT2D eigenvalue weighted by atomic mass is 9.74. The summed E-state index contributed by atoms with van der Waals surface area (Å²) in [4.78, 5) is 29.5. The minimum atomic E-state index is -0.635. The summed E-state index contributed by atoms with van der Waals surface area (Å²) in [6.45, 7) is 3.32. The van der Waals surface area contributed by atoms with Crippen LogP contribution < -0.4 is 16.4 Å². The van der Waals surface area contributed by atoms with Crippen LogP contribution in [0.25, 0.3) is 11.1 Å². The van der Waals surface area contributed by atoms with Crippen LogP contribution in [-0.4, -0.2) is 33.9 Å². The summed E-state index contributed by atoms with van der Waals surface area (Å²) >= 11 is 14.3. The minimum Gasteiger partial charge on any atom is -0.364 e. The van der Waals surface area contributed by atoms with Gasteiger partial charge in [0.25, 0.3) is 5.91 Å². The van der Waals surface area contributed by atoms with E-state index < -0.39 is 5.91 Å². The van der Waals surface area contributed by atoms with E-state index in [1.165, 1.54) is 4.88 Å². The number of thiazole rings is 1. The quantitative estimate of drug-likeness (QED) is 0.572. The Kier molecular flexibility index (Phi) is 5.36. The molecular formula is C22H22Cl2N6OS. The Bertz CT molecular complexity index is 1220. The zero-order chi connectivity index (χ0) is 22.6. The van der Waals surface area contributed by atoms with Gasteiger partial charge in [0.1, 0.15) is 5.69 Å². The lowest BCUT2D eigenvalue weighted by Crippen LogP contribution is -2.45. The van der Waals surface area contributed by atoms with Crippen molar-refractivity contribution in [3.05, 3.63) is 55.7 Å². The number of aromatic nitrogens is 3. The number of hydrogen-bond donors (Lipinski definition) is 2. The number of piperidine rings is 1. The first-order valence-corrected chi connectivity index (χ1v) is 12.0. The van der Waals surface area contributed by atoms with Crippen LogP contribution in [0.1, 0.15) is 45.6 Å². The van der Waals surface area contributed by atoms with E-state index in [0.717, 1.165) is 38.0 Å². The third-order valence-electron chi connectivity index (χ3n) is 6.71. The highest BCUT2D eigenvalue weighted by Gasteiger charge is 2.47. The number of anilines is 1. The molecule has 5 rings (SSSR count). The molecule has 3 aromatic rings. The SMILES string of the molecule is Cc1nc(N2CCC3(CC2)Cc2scnc2[C@H]3N)nc(C(N)=O)c1-c1cccc(Cl)c1Cl. The standard InChI is InChI=1S/C22H22Cl2N6OS/c1-11-15(12-3-2-4-13(23)16(12)24)18(20(26)31)29-21(28-11)30-7-5-22(6-8-30)9-14-17(19(22)25)27-10-32-14/h2-4,10,19H,5-9,25H2,1H3,(H2,26,31)/t19-/m1/s1. The lowest BCUT2D eigenvalue weighted by Gasteiger charge is -2.42. The Labute approximate surface area is 199 Å². The van der Waals surface area contributed by atoms with Gasteiger partial charge in [0.05, 0.1) is 33.0 Å². The molecule has 1 aliphatic heterocycles. The normalized spacial score (nSPS) is 19.4. The number of aryl methyl sites for hydroxylation is 1. The van der Waals surface area contributed by atoms with E-state index in [-0.39, 0.29) is 17.2 Å². The number of carbonyl (C=O) groups excluding carboxylic acids is 1. The van der Waals surface area contributed by atoms with Gasteiger partial charge in [0, 0.05) is 29.1 Å². The molecule has 1 amide bonds. The predicted octanol–water partition coefficient (Wildman–Crippen LogP) is 4.16. The first kappa shape index (κ1) is 21.6. The Balaban J connectivity index is 1.45. The van der Waals surface area contributed by atoms with Gasteiger partial charge in [-0.2, -0.15) is 0 Å². The number of nitrogens with two attached hydrogens (primary N) is 2. The van der Waals surface area contributed by atoms with Gasteiger partial charge in [0.2, 0.25) is 5.95 Å². The maximum Gasteiger partial charge on any atom is 0.268 e. The fraction of sp³-hybridized carbons (Fsp3) is 0.364. The third kappa shape index (κ3) is 3.37. The summed E-state index contributed by atoms with van der Waals surface area (Å²) < 4.78 is 0. The Morgan fingerprint density at radius 2 is 2.00 bits per heavy atom. The molecule has 0 saturated carbocycles. The molecule has 4 N–H and O–H groups in total. The van der Waals surface area contributed by atoms with Crippen LogP contribution in [0.4, 0.5) is 5.95 Å². The van der Waals surface area contributed by atoms with Crippen LogP contribution in [-0.2, 0) is 6.42 Å². The van der Waals surface area contributed by atoms with Crippen molar-refractivity contribution < 1.29 is 4.79 Å². The molecule has 2 aliphatic rings. The molecule has 10 heteroatoms. The number of amides is 1. The van der Waals surface area contributed by atoms with Crippen molar-refractivity contribution in [2.45, 2.75) is 32.2 Å². The van der Waals surface area contributed by atoms with Gasteiger partial charge in [-0.1, -0.05) is 35.3 Å². The van der Waals surface area contributed by atoms with E-state index in [1.807, 2.05) is 12.4 Å². The molecule has 0 unspecified atom stereocenters. The third-order valence-corrected chi connectivity index (χ3v) is 8.38. The number of fused-ring (bicyclic) bond motifs is 1. The van der Waals surface area contributed by atoms with Gasteiger partial charge >= 0.3 is 0 Å². The minimum absolute atomic E-state index is 0.0295. The van der Waals surface area contributed by atoms with Crippen LogP contribution in [0, 0.1) is 12.3 Å². The van der Waals surface area contributed by atoms with Crippen molar-refractivity contribution in [1.29, 1.82) is 0 Å². The van der Waals surface area contributed by atoms with Crippen molar-refractivity contribution in [2.24, 2.45) is 16.9 Å². The van der Waals surface area contributed by atoms with E-state index in [9.17, 15) is 4.79 Å². The molecule has 166 valence electrons. The summed E-state index contributed by atoms with van der Waals surface area (Å²) in [5.41, 5.74) is 17.1. The average molecular weight is 489 g/mol. The van der Waals surface area contributed by atoms with Crippen LogP contribution in [0.3, 0.4) is 0 Å². The zero-order valence-corrected chi connectivity index (χ0v) is 19.8. The van der Waals surface area contributed by atoms with Crippen LogP contribution in [0.2, 0.25) is 10.0 Å². The first-order chi connectivity index (χ1) is 15.3. The molecule has 32 heavy (non-hydrogen) atoms. The predicted molar refractivity (Wildman–Crippen MR) is 127 cm³/mol. The number of nitrogens with zero attached hydrogens (tertiary/aromatic N) is 4. The lowest BCUT2D eigenvalue weighted by molar-refractivity contribution is 0.0996. The van der Waals surface area contributed by atoms with Crippen molar-refractivity contribution in [3.63, 3.8) is 0 Å². The van der Waals surface area contributed by atoms with Crippen molar-refractivity contribution >= 4 is 46.4 Å². The fourth-order valence-corrected chi connectivity index (χ4v) is 6.28. The number of hydrogen-bond acceptors (Lipinski definition) is 7. The number of halogens is 2. The van der Waals surface area contributed by atoms with Crippen LogP contribution in [0.5, 0.6) is 0 Å². The largest absolute Gasteiger partial charge is 0.364 e. The summed E-state index contributed by atoms with van der Waals surface area (Å²) in [5.74, 6) is -0.142. The molecule has 1 spiro atoms. The highest BCUT2D eigenvalue weighted by molar-refractivity contribution is 7.09. The molecule has 3 heterocycles. The van der Waals surface area contributed by atoms with Gasteiger partial charge in [-0.3, -0.25) is 4.79 Å². The smallest absolute Gasteiger partial charge is 0.268 e. The molecule has 1 atom stereocenters. The van der Waals surface area contributed by atoms with Crippen molar-refractivity contribution in [1.82, 2.24) is 15.0 Å². The second kappa shape index (κ2) is 7.95. The van der Waals surface area contributed by atoms with Gasteiger partial charge in [-0.25, -0.2) is 15.0 Å². The monoisotopic (exact) mass is 488 g/mol. The van der Waals surface area contributed by atoms with E-state index in [4.69, 9.17) is 39.7 Å². The number of carbonyl (C=O) groups is 1.